The predicted octanol–water partition coefficient (Wildman–Crippen LogP) is 1.83. The lowest BCUT2D eigenvalue weighted by Crippen LogP contribution is -2.40. The molecule has 13 heavy (non-hydrogen) atoms. The molecule has 0 aromatic carbocycles. The van der Waals surface area contributed by atoms with Crippen LogP contribution < -0.4 is 0 Å². The first-order valence-corrected chi connectivity index (χ1v) is 5.19. The van der Waals surface area contributed by atoms with Crippen molar-refractivity contribution in [2.24, 2.45) is 0 Å². The fourth-order valence-electron chi connectivity index (χ4n) is 0.536. The van der Waals surface area contributed by atoms with Crippen LogP contribution in [0.2, 0.25) is 0 Å². The molecule has 8 heteroatoms. The first-order valence-electron chi connectivity index (χ1n) is 3.06. The number of hydrogen-bond donors (Lipinski definition) is 2. The molecule has 0 aliphatic carbocycles. The summed E-state index contributed by atoms with van der Waals surface area (Å²) in [5.74, 6) is -2.26. The quantitative estimate of drug-likeness (QED) is 0.326. The van der Waals surface area contributed by atoms with Crippen LogP contribution in [0.1, 0.15) is 12.8 Å². The van der Waals surface area contributed by atoms with Gasteiger partial charge < -0.3 is 10.2 Å². The van der Waals surface area contributed by atoms with Gasteiger partial charge in [0.25, 0.3) is 0 Å². The smallest absolute Gasteiger partial charge is 0.336 e. The summed E-state index contributed by atoms with van der Waals surface area (Å²) in [5.41, 5.74) is 0. The maximum atomic E-state index is 10.7. The highest BCUT2D eigenvalue weighted by molar-refractivity contribution is 14.1. The highest BCUT2D eigenvalue weighted by atomic mass is 127. The Labute approximate surface area is 102 Å². The van der Waals surface area contributed by atoms with Gasteiger partial charge in [-0.3, -0.25) is 4.79 Å². The number of nitrogens with zero attached hydrogens (tertiary/aromatic N) is 1. The largest absolute Gasteiger partial charge is 0.481 e. The molecule has 0 aliphatic heterocycles. The Bertz CT molecular complexity index is 227. The van der Waals surface area contributed by atoms with Gasteiger partial charge in [0.05, 0.1) is 0 Å². The zero-order valence-electron chi connectivity index (χ0n) is 6.21. The maximum absolute atomic E-state index is 10.7. The number of carboxylic acids is 2. The first kappa shape index (κ1) is 13.4. The Hall–Kier alpha value is 0.400. The second kappa shape index (κ2) is 5.32. The average molecular weight is 386 g/mol. The molecule has 76 valence electrons. The minimum atomic E-state index is -1.45. The summed E-state index contributed by atoms with van der Waals surface area (Å²) in [4.78, 5) is 20.9. The zero-order valence-corrected chi connectivity index (χ0v) is 10.7. The molecule has 0 aromatic heterocycles. The van der Waals surface area contributed by atoms with Crippen molar-refractivity contribution in [3.05, 3.63) is 0 Å². The summed E-state index contributed by atoms with van der Waals surface area (Å²) in [6, 6.07) is 0. The fourth-order valence-corrected chi connectivity index (χ4v) is 1.29. The number of carboxylic acid groups (broad SMARTS) is 2. The van der Waals surface area contributed by atoms with Crippen LogP contribution in [0.25, 0.3) is 0 Å². The first-order chi connectivity index (χ1) is 5.80. The van der Waals surface area contributed by atoms with Crippen LogP contribution in [0.5, 0.6) is 0 Å². The molecule has 0 saturated carbocycles. The third-order valence-electron chi connectivity index (χ3n) is 1.27. The molecule has 1 atom stereocenters. The van der Waals surface area contributed by atoms with Gasteiger partial charge in [0.1, 0.15) is 0 Å². The lowest BCUT2D eigenvalue weighted by atomic mass is 10.2. The molecule has 0 aromatic rings. The molecular weight excluding hydrogens is 380 g/mol. The van der Waals surface area contributed by atoms with E-state index in [1.807, 2.05) is 0 Å². The maximum Gasteiger partial charge on any atom is 0.336 e. The number of halogens is 3. The third-order valence-corrected chi connectivity index (χ3v) is 4.59. The van der Waals surface area contributed by atoms with E-state index in [9.17, 15) is 9.59 Å². The van der Waals surface area contributed by atoms with Gasteiger partial charge in [0.2, 0.25) is 0 Å². The summed E-state index contributed by atoms with van der Waals surface area (Å²) in [6.07, 6.45) is -0.350. The monoisotopic (exact) mass is 385 g/mol. The molecule has 0 spiro atoms. The Morgan fingerprint density at radius 2 is 2.00 bits per heavy atom. The van der Waals surface area contributed by atoms with E-state index >= 15 is 0 Å². The second-order valence-electron chi connectivity index (χ2n) is 2.19. The predicted molar refractivity (Wildman–Crippen MR) is 57.9 cm³/mol. The minimum absolute atomic E-state index is 0.0903. The van der Waals surface area contributed by atoms with Gasteiger partial charge in [-0.1, -0.05) is 0 Å². The fraction of sp³-hybridized carbons (Fsp3) is 0.600. The number of hydrogen-bond acceptors (Lipinski definition) is 3. The normalized spacial score (nSPS) is 15.4. The molecule has 0 fully saturated rings. The zero-order chi connectivity index (χ0) is 10.6. The van der Waals surface area contributed by atoms with E-state index in [2.05, 4.69) is 16.1 Å². The average Bonchev–Trinajstić information content (AvgIpc) is 1.99. The van der Waals surface area contributed by atoms with Crippen LogP contribution in [0.4, 0.5) is 0 Å². The Morgan fingerprint density at radius 1 is 1.54 bits per heavy atom. The second-order valence-corrected chi connectivity index (χ2v) is 5.43. The van der Waals surface area contributed by atoms with E-state index in [0.717, 1.165) is 3.45 Å². The lowest BCUT2D eigenvalue weighted by Gasteiger charge is -2.24. The van der Waals surface area contributed by atoms with E-state index in [4.69, 9.17) is 22.0 Å². The van der Waals surface area contributed by atoms with Crippen molar-refractivity contribution in [3.8, 4) is 0 Å². The van der Waals surface area contributed by atoms with Crippen LogP contribution in [-0.2, 0) is 9.59 Å². The summed E-state index contributed by atoms with van der Waals surface area (Å²) in [5, 5.41) is 17.1. The topological polar surface area (TPSA) is 77.8 Å². The molecule has 0 heterocycles. The van der Waals surface area contributed by atoms with Crippen molar-refractivity contribution in [3.63, 3.8) is 0 Å². The van der Waals surface area contributed by atoms with Crippen molar-refractivity contribution in [1.29, 1.82) is 0 Å². The lowest BCUT2D eigenvalue weighted by molar-refractivity contribution is -0.142. The highest BCUT2D eigenvalue weighted by Gasteiger charge is 2.41. The van der Waals surface area contributed by atoms with Crippen LogP contribution >= 0.6 is 50.5 Å². The summed E-state index contributed by atoms with van der Waals surface area (Å²) >= 11 is 9.77. The van der Waals surface area contributed by atoms with Crippen molar-refractivity contribution < 1.29 is 19.8 Å². The van der Waals surface area contributed by atoms with E-state index in [-0.39, 0.29) is 12.8 Å². The van der Waals surface area contributed by atoms with Crippen molar-refractivity contribution in [2.75, 3.05) is 0 Å². The van der Waals surface area contributed by atoms with Crippen LogP contribution in [0, 0.1) is 0 Å². The van der Waals surface area contributed by atoms with Crippen LogP contribution in [-0.4, -0.2) is 29.1 Å². The highest BCUT2D eigenvalue weighted by Crippen LogP contribution is 2.34. The van der Waals surface area contributed by atoms with Crippen molar-refractivity contribution >= 4 is 62.5 Å². The van der Waals surface area contributed by atoms with Gasteiger partial charge in [-0.05, 0) is 40.8 Å². The van der Waals surface area contributed by atoms with Crippen LogP contribution in [0.3, 0.4) is 0 Å². The van der Waals surface area contributed by atoms with E-state index in [0.29, 0.717) is 0 Å². The summed E-state index contributed by atoms with van der Waals surface area (Å²) < 4.78 is -0.663. The molecule has 0 amide bonds. The van der Waals surface area contributed by atoms with Gasteiger partial charge in [-0.2, -0.15) is 0 Å². The Morgan fingerprint density at radius 3 is 2.23 bits per heavy atom. The number of carbonyl (C=O) groups is 2. The van der Waals surface area contributed by atoms with Gasteiger partial charge in [-0.15, -0.1) is 3.45 Å². The van der Waals surface area contributed by atoms with E-state index in [1.165, 1.54) is 0 Å². The molecule has 2 N–H and O–H groups in total. The van der Waals surface area contributed by atoms with Gasteiger partial charge >= 0.3 is 11.9 Å². The molecule has 0 radical (unpaired) electrons. The number of rotatable bonds is 5. The van der Waals surface area contributed by atoms with E-state index in [1.54, 1.807) is 22.6 Å². The third kappa shape index (κ3) is 3.96. The molecule has 0 bridgehead atoms. The molecule has 0 rings (SSSR count). The Balaban J connectivity index is 4.43. The van der Waals surface area contributed by atoms with Crippen LogP contribution in [0.15, 0.2) is 0 Å². The van der Waals surface area contributed by atoms with Gasteiger partial charge in [-0.25, -0.2) is 4.79 Å². The molecular formula is C5H6BrClINO4. The number of alkyl halides is 1. The Kier molecular flexibility index (Phi) is 5.49. The summed E-state index contributed by atoms with van der Waals surface area (Å²) in [7, 11) is 0. The van der Waals surface area contributed by atoms with Gasteiger partial charge in [0.15, 0.2) is 3.55 Å². The molecule has 5 nitrogen and oxygen atoms in total. The van der Waals surface area contributed by atoms with Crippen molar-refractivity contribution in [2.45, 2.75) is 16.4 Å². The molecule has 0 aliphatic rings. The SMILES string of the molecule is O=C(O)CC[C@@](I)(C(=O)O)N(Cl)Br. The number of aliphatic carboxylic acids is 2. The summed E-state index contributed by atoms with van der Waals surface area (Å²) in [6.45, 7) is 0. The minimum Gasteiger partial charge on any atom is -0.481 e. The standard InChI is InChI=1S/C5H6BrClINO4/c6-9(7)5(8,4(12)13)2-1-3(10)11/h1-2H2,(H,10,11)(H,12,13)/t5-/m0/s1. The van der Waals surface area contributed by atoms with Crippen molar-refractivity contribution in [1.82, 2.24) is 3.45 Å². The van der Waals surface area contributed by atoms with Gasteiger partial charge in [0, 0.05) is 22.6 Å². The van der Waals surface area contributed by atoms with E-state index < -0.39 is 15.5 Å². The molecule has 0 saturated heterocycles. The molecule has 0 unspecified atom stereocenters.